The van der Waals surface area contributed by atoms with E-state index in [-0.39, 0.29) is 18.5 Å². The van der Waals surface area contributed by atoms with Crippen LogP contribution in [0.25, 0.3) is 0 Å². The third-order valence-electron chi connectivity index (χ3n) is 17.1. The number of unbranched alkanes of at least 4 members (excludes halogenated alkanes) is 42. The summed E-state index contributed by atoms with van der Waals surface area (Å²) >= 11 is 0. The van der Waals surface area contributed by atoms with Gasteiger partial charge in [-0.05, 0) is 96.3 Å². The van der Waals surface area contributed by atoms with E-state index in [4.69, 9.17) is 14.2 Å². The standard InChI is InChI=1S/C75H137NO10/c1-3-5-7-9-11-13-15-16-36-40-43-47-51-55-59-63-71(80)84-64-60-56-52-48-44-41-38-35-33-31-29-27-25-23-21-19-17-18-20-22-24-26-28-30-32-34-37-39-42-46-50-54-58-62-70(79)76-67(66-85-75-74(83)73(82)72(81)69(65-77)86-75)68(78)61-57-53-49-45-14-12-10-8-6-4-2/h11,13,16,21,23,27,29,36,57,61,67-69,72-75,77-78,81-83H,3-10,12,14-15,17-20,22,24-26,28,30-35,37-56,58-60,62-66H2,1-2H3,(H,76,79)/b13-11-,23-21-,29-27-,36-16-,61-57+. The van der Waals surface area contributed by atoms with Crippen LogP contribution in [-0.2, 0) is 23.8 Å². The lowest BCUT2D eigenvalue weighted by molar-refractivity contribution is -0.302. The van der Waals surface area contributed by atoms with E-state index in [0.29, 0.717) is 19.4 Å². The highest BCUT2D eigenvalue weighted by atomic mass is 16.7. The molecule has 1 amide bonds. The van der Waals surface area contributed by atoms with Gasteiger partial charge in [-0.3, -0.25) is 9.59 Å². The van der Waals surface area contributed by atoms with E-state index in [2.05, 4.69) is 67.8 Å². The summed E-state index contributed by atoms with van der Waals surface area (Å²) in [5.74, 6) is -0.188. The average Bonchev–Trinajstić information content (AvgIpc) is 2.52. The molecule has 0 aromatic heterocycles. The van der Waals surface area contributed by atoms with Gasteiger partial charge < -0.3 is 45.1 Å². The Morgan fingerprint density at radius 3 is 1.20 bits per heavy atom. The predicted octanol–water partition coefficient (Wildman–Crippen LogP) is 18.9. The van der Waals surface area contributed by atoms with E-state index in [0.717, 1.165) is 70.6 Å². The molecule has 1 saturated heterocycles. The van der Waals surface area contributed by atoms with Gasteiger partial charge in [0.15, 0.2) is 6.29 Å². The number of hydrogen-bond acceptors (Lipinski definition) is 10. The van der Waals surface area contributed by atoms with Crippen molar-refractivity contribution in [3.63, 3.8) is 0 Å². The first-order valence-corrected chi connectivity index (χ1v) is 36.6. The van der Waals surface area contributed by atoms with E-state index < -0.39 is 49.5 Å². The van der Waals surface area contributed by atoms with Crippen molar-refractivity contribution in [2.75, 3.05) is 19.8 Å². The van der Waals surface area contributed by atoms with Crippen molar-refractivity contribution < 1.29 is 49.3 Å². The fraction of sp³-hybridized carbons (Fsp3) is 0.840. The van der Waals surface area contributed by atoms with Gasteiger partial charge in [0.2, 0.25) is 5.91 Å². The fourth-order valence-electron chi connectivity index (χ4n) is 11.3. The average molecular weight is 1210 g/mol. The van der Waals surface area contributed by atoms with E-state index in [1.165, 1.54) is 244 Å². The lowest BCUT2D eigenvalue weighted by atomic mass is 9.99. The lowest BCUT2D eigenvalue weighted by Gasteiger charge is -2.40. The zero-order valence-electron chi connectivity index (χ0n) is 55.8. The number of hydrogen-bond donors (Lipinski definition) is 6. The third-order valence-corrected chi connectivity index (χ3v) is 17.1. The van der Waals surface area contributed by atoms with Gasteiger partial charge >= 0.3 is 5.97 Å². The molecule has 86 heavy (non-hydrogen) atoms. The van der Waals surface area contributed by atoms with Crippen molar-refractivity contribution in [1.82, 2.24) is 5.32 Å². The Labute approximate surface area is 528 Å². The Morgan fingerprint density at radius 2 is 0.779 bits per heavy atom. The molecule has 502 valence electrons. The van der Waals surface area contributed by atoms with Crippen LogP contribution in [0.15, 0.2) is 60.8 Å². The molecule has 1 heterocycles. The van der Waals surface area contributed by atoms with Gasteiger partial charge in [0, 0.05) is 12.8 Å². The predicted molar refractivity (Wildman–Crippen MR) is 361 cm³/mol. The first-order chi connectivity index (χ1) is 42.2. The number of allylic oxidation sites excluding steroid dienone is 9. The summed E-state index contributed by atoms with van der Waals surface area (Å²) in [6.07, 6.45) is 75.1. The third kappa shape index (κ3) is 52.2. The minimum atomic E-state index is -1.57. The summed E-state index contributed by atoms with van der Waals surface area (Å²) in [6, 6.07) is -0.808. The number of ether oxygens (including phenoxy) is 3. The van der Waals surface area contributed by atoms with Crippen LogP contribution in [0, 0.1) is 0 Å². The maximum atomic E-state index is 13.0. The van der Waals surface area contributed by atoms with Crippen molar-refractivity contribution in [1.29, 1.82) is 0 Å². The molecule has 0 bridgehead atoms. The van der Waals surface area contributed by atoms with Crippen molar-refractivity contribution in [3.05, 3.63) is 60.8 Å². The van der Waals surface area contributed by atoms with Crippen LogP contribution in [0.1, 0.15) is 341 Å². The minimum Gasteiger partial charge on any atom is -0.466 e. The molecule has 0 aliphatic carbocycles. The molecular formula is C75H137NO10. The van der Waals surface area contributed by atoms with Gasteiger partial charge in [0.05, 0.1) is 32.0 Å². The molecule has 7 unspecified atom stereocenters. The van der Waals surface area contributed by atoms with E-state index in [1.54, 1.807) is 6.08 Å². The molecule has 0 radical (unpaired) electrons. The SMILES string of the molecule is CCCCC/C=C\C/C=C\CCCCCCCC(=O)OCCCCCCCCCCC/C=C\C/C=C\CCCCCCCCCCCCCCCCCCCC(=O)NC(COC1OC(CO)C(O)C(O)C1O)C(O)/C=C/CCCCCCCCCC. The Balaban J connectivity index is 1.92. The summed E-state index contributed by atoms with van der Waals surface area (Å²) in [5, 5.41) is 54.4. The fourth-order valence-corrected chi connectivity index (χ4v) is 11.3. The highest BCUT2D eigenvalue weighted by Crippen LogP contribution is 2.23. The molecule has 0 spiro atoms. The van der Waals surface area contributed by atoms with Crippen LogP contribution in [0.3, 0.4) is 0 Å². The number of aliphatic hydroxyl groups excluding tert-OH is 5. The van der Waals surface area contributed by atoms with Crippen molar-refractivity contribution >= 4 is 11.9 Å². The normalized spacial score (nSPS) is 18.2. The van der Waals surface area contributed by atoms with Crippen LogP contribution >= 0.6 is 0 Å². The summed E-state index contributed by atoms with van der Waals surface area (Å²) in [6.45, 7) is 4.31. The van der Waals surface area contributed by atoms with Gasteiger partial charge in [-0.15, -0.1) is 0 Å². The second-order valence-corrected chi connectivity index (χ2v) is 25.3. The molecule has 0 aromatic rings. The first-order valence-electron chi connectivity index (χ1n) is 36.6. The Bertz CT molecular complexity index is 1610. The molecular weight excluding hydrogens is 1070 g/mol. The number of carbonyl (C=O) groups is 2. The topological polar surface area (TPSA) is 175 Å². The largest absolute Gasteiger partial charge is 0.466 e. The van der Waals surface area contributed by atoms with Crippen molar-refractivity contribution in [2.45, 2.75) is 384 Å². The highest BCUT2D eigenvalue weighted by molar-refractivity contribution is 5.76. The second-order valence-electron chi connectivity index (χ2n) is 25.3. The molecule has 11 heteroatoms. The van der Waals surface area contributed by atoms with Gasteiger partial charge in [0.25, 0.3) is 0 Å². The Hall–Kier alpha value is -2.64. The van der Waals surface area contributed by atoms with E-state index >= 15 is 0 Å². The van der Waals surface area contributed by atoms with E-state index in [1.807, 2.05) is 6.08 Å². The zero-order chi connectivity index (χ0) is 62.3. The monoisotopic (exact) mass is 1210 g/mol. The van der Waals surface area contributed by atoms with Gasteiger partial charge in [-0.25, -0.2) is 0 Å². The van der Waals surface area contributed by atoms with Crippen LogP contribution in [-0.4, -0.2) is 100 Å². The maximum Gasteiger partial charge on any atom is 0.305 e. The summed E-state index contributed by atoms with van der Waals surface area (Å²) in [5.41, 5.74) is 0. The molecule has 1 aliphatic rings. The smallest absolute Gasteiger partial charge is 0.305 e. The first kappa shape index (κ1) is 81.4. The number of nitrogens with one attached hydrogen (secondary N) is 1. The van der Waals surface area contributed by atoms with Crippen molar-refractivity contribution in [3.8, 4) is 0 Å². The zero-order valence-corrected chi connectivity index (χ0v) is 55.8. The molecule has 7 atom stereocenters. The van der Waals surface area contributed by atoms with Gasteiger partial charge in [-0.1, -0.05) is 293 Å². The van der Waals surface area contributed by atoms with Crippen LogP contribution < -0.4 is 5.32 Å². The van der Waals surface area contributed by atoms with E-state index in [9.17, 15) is 35.1 Å². The molecule has 1 rings (SSSR count). The lowest BCUT2D eigenvalue weighted by Crippen LogP contribution is -2.60. The highest BCUT2D eigenvalue weighted by Gasteiger charge is 2.44. The number of rotatable bonds is 64. The molecule has 0 aromatic carbocycles. The molecule has 1 aliphatic heterocycles. The second kappa shape index (κ2) is 63.9. The van der Waals surface area contributed by atoms with Crippen LogP contribution in [0.2, 0.25) is 0 Å². The summed E-state index contributed by atoms with van der Waals surface area (Å²) in [4.78, 5) is 25.1. The van der Waals surface area contributed by atoms with Crippen LogP contribution in [0.4, 0.5) is 0 Å². The number of esters is 1. The number of aliphatic hydroxyl groups is 5. The molecule has 1 fully saturated rings. The number of amides is 1. The summed E-state index contributed by atoms with van der Waals surface area (Å²) < 4.78 is 16.7. The number of carbonyl (C=O) groups excluding carboxylic acids is 2. The minimum absolute atomic E-state index is 0.00735. The maximum absolute atomic E-state index is 13.0. The quantitative estimate of drug-likeness (QED) is 0.0195. The van der Waals surface area contributed by atoms with Crippen LogP contribution in [0.5, 0.6) is 0 Å². The van der Waals surface area contributed by atoms with Gasteiger partial charge in [-0.2, -0.15) is 0 Å². The molecule has 11 nitrogen and oxygen atoms in total. The summed E-state index contributed by atoms with van der Waals surface area (Å²) in [7, 11) is 0. The Morgan fingerprint density at radius 1 is 0.430 bits per heavy atom. The van der Waals surface area contributed by atoms with Crippen molar-refractivity contribution in [2.24, 2.45) is 0 Å². The molecule has 0 saturated carbocycles. The Kier molecular flexibility index (Phi) is 60.5. The molecule has 6 N–H and O–H groups in total. The van der Waals surface area contributed by atoms with Gasteiger partial charge in [0.1, 0.15) is 24.4 Å².